The summed E-state index contributed by atoms with van der Waals surface area (Å²) in [4.78, 5) is 22.5. The number of hydrogen-bond acceptors (Lipinski definition) is 6. The minimum atomic E-state index is -0.194. The number of carbonyl (C=O) groups excluding carboxylic acids is 1. The second-order valence-electron chi connectivity index (χ2n) is 4.76. The second-order valence-corrected chi connectivity index (χ2v) is 6.50. The number of hydrogen-bond donors (Lipinski definition) is 1. The van der Waals surface area contributed by atoms with E-state index in [-0.39, 0.29) is 5.91 Å². The molecule has 7 heteroatoms. The first-order valence-corrected chi connectivity index (χ1v) is 9.06. The molecule has 118 valence electrons. The fraction of sp³-hybridized carbons (Fsp3) is 0.188. The number of thiophene rings is 1. The van der Waals surface area contributed by atoms with E-state index in [0.29, 0.717) is 34.4 Å². The molecule has 0 radical (unpaired) electrons. The van der Waals surface area contributed by atoms with Gasteiger partial charge in [-0.25, -0.2) is 9.97 Å². The van der Waals surface area contributed by atoms with E-state index >= 15 is 0 Å². The fourth-order valence-corrected chi connectivity index (χ4v) is 3.42. The Hall–Kier alpha value is -2.12. The van der Waals surface area contributed by atoms with Crippen molar-refractivity contribution in [3.05, 3.63) is 52.9 Å². The first-order valence-electron chi connectivity index (χ1n) is 6.96. The third-order valence-corrected chi connectivity index (χ3v) is 4.77. The zero-order valence-corrected chi connectivity index (χ0v) is 14.3. The van der Waals surface area contributed by atoms with Gasteiger partial charge in [0.2, 0.25) is 0 Å². The summed E-state index contributed by atoms with van der Waals surface area (Å²) in [5.41, 5.74) is 1.19. The molecule has 0 saturated heterocycles. The third kappa shape index (κ3) is 3.46. The Labute approximate surface area is 142 Å². The number of rotatable bonds is 5. The lowest BCUT2D eigenvalue weighted by molar-refractivity contribution is 0.0943. The number of aromatic nitrogens is 2. The van der Waals surface area contributed by atoms with E-state index in [1.807, 2.05) is 36.8 Å². The van der Waals surface area contributed by atoms with Gasteiger partial charge in [-0.15, -0.1) is 23.1 Å². The molecule has 0 aromatic carbocycles. The predicted molar refractivity (Wildman–Crippen MR) is 91.7 cm³/mol. The normalized spacial score (nSPS) is 10.7. The lowest BCUT2D eigenvalue weighted by Gasteiger charge is -2.11. The van der Waals surface area contributed by atoms with E-state index < -0.39 is 0 Å². The lowest BCUT2D eigenvalue weighted by atomic mass is 10.2. The average Bonchev–Trinajstić information content (AvgIpc) is 3.24. The molecule has 0 saturated carbocycles. The van der Waals surface area contributed by atoms with Crippen molar-refractivity contribution in [2.45, 2.75) is 18.5 Å². The molecule has 3 aromatic rings. The summed E-state index contributed by atoms with van der Waals surface area (Å²) in [7, 11) is 0. The summed E-state index contributed by atoms with van der Waals surface area (Å²) >= 11 is 3.02. The quantitative estimate of drug-likeness (QED) is 0.563. The molecule has 0 aliphatic rings. The highest BCUT2D eigenvalue weighted by molar-refractivity contribution is 7.98. The summed E-state index contributed by atoms with van der Waals surface area (Å²) in [6, 6.07) is 7.54. The molecular formula is C16H15N3O2S2. The fourth-order valence-electron chi connectivity index (χ4n) is 2.14. The van der Waals surface area contributed by atoms with E-state index in [9.17, 15) is 4.79 Å². The van der Waals surface area contributed by atoms with Gasteiger partial charge in [0.1, 0.15) is 10.8 Å². The average molecular weight is 345 g/mol. The smallest absolute Gasteiger partial charge is 0.256 e. The van der Waals surface area contributed by atoms with Gasteiger partial charge in [-0.1, -0.05) is 6.07 Å². The number of amides is 1. The van der Waals surface area contributed by atoms with Crippen LogP contribution in [0.4, 0.5) is 0 Å². The van der Waals surface area contributed by atoms with Crippen molar-refractivity contribution in [3.63, 3.8) is 0 Å². The summed E-state index contributed by atoms with van der Waals surface area (Å²) in [6.45, 7) is 2.17. The number of carbonyl (C=O) groups is 1. The molecule has 1 N–H and O–H groups in total. The molecule has 23 heavy (non-hydrogen) atoms. The summed E-state index contributed by atoms with van der Waals surface area (Å²) in [5.74, 6) is 1.17. The van der Waals surface area contributed by atoms with Gasteiger partial charge < -0.3 is 9.73 Å². The number of furan rings is 1. The molecule has 3 heterocycles. The SMILES string of the molecule is CSc1nc(-c2cccs2)nc(C)c1C(=O)NCc1ccco1. The molecule has 0 fully saturated rings. The summed E-state index contributed by atoms with van der Waals surface area (Å²) in [6.07, 6.45) is 3.49. The maximum absolute atomic E-state index is 12.5. The minimum Gasteiger partial charge on any atom is -0.467 e. The van der Waals surface area contributed by atoms with Crippen LogP contribution in [0.1, 0.15) is 21.8 Å². The van der Waals surface area contributed by atoms with Gasteiger partial charge in [0, 0.05) is 0 Å². The standard InChI is InChI=1S/C16H15N3O2S2/c1-10-13(15(20)17-9-11-5-3-7-21-11)16(22-2)19-14(18-10)12-6-4-8-23-12/h3-8H,9H2,1-2H3,(H,17,20). The van der Waals surface area contributed by atoms with Crippen molar-refractivity contribution in [1.29, 1.82) is 0 Å². The largest absolute Gasteiger partial charge is 0.467 e. The van der Waals surface area contributed by atoms with Gasteiger partial charge in [0.25, 0.3) is 5.91 Å². The number of nitrogens with zero attached hydrogens (tertiary/aromatic N) is 2. The first kappa shape index (κ1) is 15.8. The maximum Gasteiger partial charge on any atom is 0.256 e. The van der Waals surface area contributed by atoms with Gasteiger partial charge >= 0.3 is 0 Å². The number of thioether (sulfide) groups is 1. The van der Waals surface area contributed by atoms with Crippen LogP contribution < -0.4 is 5.32 Å². The highest BCUT2D eigenvalue weighted by Crippen LogP contribution is 2.27. The molecule has 1 amide bonds. The van der Waals surface area contributed by atoms with Gasteiger partial charge in [-0.2, -0.15) is 0 Å². The highest BCUT2D eigenvalue weighted by Gasteiger charge is 2.19. The Balaban J connectivity index is 1.87. The molecule has 5 nitrogen and oxygen atoms in total. The maximum atomic E-state index is 12.5. The Kier molecular flexibility index (Phi) is 4.78. The molecule has 0 aliphatic carbocycles. The van der Waals surface area contributed by atoms with Crippen molar-refractivity contribution in [3.8, 4) is 10.7 Å². The van der Waals surface area contributed by atoms with Crippen LogP contribution >= 0.6 is 23.1 Å². The summed E-state index contributed by atoms with van der Waals surface area (Å²) in [5, 5.41) is 5.51. The number of nitrogens with one attached hydrogen (secondary N) is 1. The van der Waals surface area contributed by atoms with Crippen molar-refractivity contribution in [2.24, 2.45) is 0 Å². The van der Waals surface area contributed by atoms with Crippen molar-refractivity contribution in [2.75, 3.05) is 6.26 Å². The van der Waals surface area contributed by atoms with E-state index in [1.165, 1.54) is 11.8 Å². The topological polar surface area (TPSA) is 68.0 Å². The van der Waals surface area contributed by atoms with Crippen molar-refractivity contribution >= 4 is 29.0 Å². The highest BCUT2D eigenvalue weighted by atomic mass is 32.2. The summed E-state index contributed by atoms with van der Waals surface area (Å²) < 4.78 is 5.22. The van der Waals surface area contributed by atoms with Gasteiger partial charge in [-0.05, 0) is 36.8 Å². The zero-order valence-electron chi connectivity index (χ0n) is 12.7. The number of aryl methyl sites for hydroxylation is 1. The Bertz CT molecular complexity index is 799. The Morgan fingerprint density at radius 2 is 2.22 bits per heavy atom. The monoisotopic (exact) mass is 345 g/mol. The van der Waals surface area contributed by atoms with E-state index in [2.05, 4.69) is 15.3 Å². The van der Waals surface area contributed by atoms with Crippen LogP contribution in [0, 0.1) is 6.92 Å². The van der Waals surface area contributed by atoms with Crippen LogP contribution in [-0.2, 0) is 6.54 Å². The first-order chi connectivity index (χ1) is 11.2. The zero-order chi connectivity index (χ0) is 16.2. The molecule has 0 aliphatic heterocycles. The van der Waals surface area contributed by atoms with Crippen LogP contribution in [0.5, 0.6) is 0 Å². The van der Waals surface area contributed by atoms with Crippen LogP contribution in [0.25, 0.3) is 10.7 Å². The molecule has 0 bridgehead atoms. The van der Waals surface area contributed by atoms with Gasteiger partial charge in [0.15, 0.2) is 5.82 Å². The Morgan fingerprint density at radius 1 is 1.35 bits per heavy atom. The van der Waals surface area contributed by atoms with Gasteiger partial charge in [-0.3, -0.25) is 4.79 Å². The van der Waals surface area contributed by atoms with E-state index in [4.69, 9.17) is 4.42 Å². The predicted octanol–water partition coefficient (Wildman–Crippen LogP) is 3.76. The van der Waals surface area contributed by atoms with E-state index in [1.54, 1.807) is 23.7 Å². The van der Waals surface area contributed by atoms with Crippen LogP contribution in [-0.4, -0.2) is 22.1 Å². The molecule has 3 rings (SSSR count). The van der Waals surface area contributed by atoms with Crippen LogP contribution in [0.3, 0.4) is 0 Å². The molecular weight excluding hydrogens is 330 g/mol. The van der Waals surface area contributed by atoms with Crippen LogP contribution in [0.2, 0.25) is 0 Å². The molecule has 3 aromatic heterocycles. The molecule has 0 atom stereocenters. The minimum absolute atomic E-state index is 0.194. The molecule has 0 unspecified atom stereocenters. The third-order valence-electron chi connectivity index (χ3n) is 3.22. The van der Waals surface area contributed by atoms with Crippen molar-refractivity contribution < 1.29 is 9.21 Å². The van der Waals surface area contributed by atoms with Gasteiger partial charge in [0.05, 0.1) is 28.9 Å². The Morgan fingerprint density at radius 3 is 2.87 bits per heavy atom. The lowest BCUT2D eigenvalue weighted by Crippen LogP contribution is -2.25. The molecule has 0 spiro atoms. The van der Waals surface area contributed by atoms with E-state index in [0.717, 1.165) is 4.88 Å². The second kappa shape index (κ2) is 6.97. The van der Waals surface area contributed by atoms with Crippen LogP contribution in [0.15, 0.2) is 45.4 Å². The van der Waals surface area contributed by atoms with Crippen molar-refractivity contribution in [1.82, 2.24) is 15.3 Å².